The third-order valence-electron chi connectivity index (χ3n) is 3.70. The normalized spacial score (nSPS) is 27.8. The summed E-state index contributed by atoms with van der Waals surface area (Å²) < 4.78 is 5.85. The van der Waals surface area contributed by atoms with Crippen molar-refractivity contribution in [3.8, 4) is 0 Å². The zero-order valence-corrected chi connectivity index (χ0v) is 10.4. The van der Waals surface area contributed by atoms with Gasteiger partial charge in [-0.1, -0.05) is 38.5 Å². The minimum atomic E-state index is -1.12. The third-order valence-corrected chi connectivity index (χ3v) is 5.35. The molecule has 0 spiro atoms. The van der Waals surface area contributed by atoms with Crippen LogP contribution in [0.5, 0.6) is 0 Å². The maximum Gasteiger partial charge on any atom is 0.171 e. The van der Waals surface area contributed by atoms with E-state index in [1.165, 1.54) is 64.2 Å². The van der Waals surface area contributed by atoms with Gasteiger partial charge in [-0.05, 0) is 25.7 Å². The molecule has 0 radical (unpaired) electrons. The van der Waals surface area contributed by atoms with Gasteiger partial charge in [0, 0.05) is 5.66 Å². The Morgan fingerprint density at radius 2 is 1.33 bits per heavy atom. The lowest BCUT2D eigenvalue weighted by Crippen LogP contribution is -2.18. The Morgan fingerprint density at radius 3 is 1.93 bits per heavy atom. The first-order valence-corrected chi connectivity index (χ1v) is 7.79. The topological polar surface area (TPSA) is 29.5 Å². The Kier molecular flexibility index (Phi) is 4.87. The van der Waals surface area contributed by atoms with Crippen molar-refractivity contribution >= 4 is 8.38 Å². The Hall–Kier alpha value is 0.350. The van der Waals surface area contributed by atoms with Crippen LogP contribution < -0.4 is 0 Å². The van der Waals surface area contributed by atoms with E-state index < -0.39 is 8.38 Å². The van der Waals surface area contributed by atoms with Crippen LogP contribution in [-0.2, 0) is 4.52 Å². The van der Waals surface area contributed by atoms with Crippen LogP contribution in [0.1, 0.15) is 64.2 Å². The van der Waals surface area contributed by atoms with Gasteiger partial charge in [0.2, 0.25) is 0 Å². The lowest BCUT2D eigenvalue weighted by Gasteiger charge is -2.30. The van der Waals surface area contributed by atoms with Gasteiger partial charge < -0.3 is 9.42 Å². The number of hydrogen-bond acceptors (Lipinski definition) is 2. The molecule has 0 aromatic carbocycles. The molecule has 88 valence electrons. The Labute approximate surface area is 94.3 Å². The molecule has 0 bridgehead atoms. The van der Waals surface area contributed by atoms with Crippen LogP contribution in [-0.4, -0.2) is 16.7 Å². The molecule has 2 rings (SSSR count). The summed E-state index contributed by atoms with van der Waals surface area (Å²) >= 11 is 0. The van der Waals surface area contributed by atoms with E-state index in [2.05, 4.69) is 0 Å². The van der Waals surface area contributed by atoms with E-state index in [4.69, 9.17) is 4.52 Å². The number of hydrogen-bond donors (Lipinski definition) is 1. The van der Waals surface area contributed by atoms with Gasteiger partial charge in [0.15, 0.2) is 8.38 Å². The molecule has 2 nitrogen and oxygen atoms in total. The second-order valence-electron chi connectivity index (χ2n) is 4.96. The molecule has 0 heterocycles. The van der Waals surface area contributed by atoms with E-state index in [-0.39, 0.29) is 0 Å². The molecule has 2 fully saturated rings. The average molecular weight is 230 g/mol. The van der Waals surface area contributed by atoms with Crippen molar-refractivity contribution in [1.29, 1.82) is 0 Å². The second-order valence-corrected chi connectivity index (χ2v) is 6.51. The minimum absolute atomic E-state index is 0.372. The highest BCUT2D eigenvalue weighted by atomic mass is 31.2. The molecule has 2 saturated carbocycles. The van der Waals surface area contributed by atoms with Gasteiger partial charge in [0.25, 0.3) is 0 Å². The van der Waals surface area contributed by atoms with E-state index in [9.17, 15) is 4.89 Å². The standard InChI is InChI=1S/C12H23O2P/c13-15(12-9-5-2-6-10-12)14-11-7-3-1-4-8-11/h11-13H,1-10H2. The van der Waals surface area contributed by atoms with Gasteiger partial charge in [-0.15, -0.1) is 0 Å². The van der Waals surface area contributed by atoms with E-state index in [0.717, 1.165) is 0 Å². The second kappa shape index (κ2) is 6.18. The monoisotopic (exact) mass is 230 g/mol. The third kappa shape index (κ3) is 3.69. The van der Waals surface area contributed by atoms with Crippen LogP contribution in [0, 0.1) is 0 Å². The predicted octanol–water partition coefficient (Wildman–Crippen LogP) is 3.97. The molecule has 0 aliphatic heterocycles. The zero-order chi connectivity index (χ0) is 10.5. The molecule has 3 heteroatoms. The summed E-state index contributed by atoms with van der Waals surface area (Å²) in [7, 11) is -1.12. The highest BCUT2D eigenvalue weighted by Crippen LogP contribution is 2.47. The Morgan fingerprint density at radius 1 is 0.800 bits per heavy atom. The van der Waals surface area contributed by atoms with Crippen LogP contribution in [0.2, 0.25) is 0 Å². The van der Waals surface area contributed by atoms with Crippen LogP contribution in [0.15, 0.2) is 0 Å². The highest BCUT2D eigenvalue weighted by Gasteiger charge is 2.26. The van der Waals surface area contributed by atoms with E-state index in [1.54, 1.807) is 0 Å². The molecule has 2 aliphatic carbocycles. The fourth-order valence-corrected chi connectivity index (χ4v) is 4.21. The molecule has 0 aromatic rings. The van der Waals surface area contributed by atoms with Crippen LogP contribution in [0.25, 0.3) is 0 Å². The van der Waals surface area contributed by atoms with Crippen LogP contribution >= 0.6 is 8.38 Å². The van der Waals surface area contributed by atoms with Gasteiger partial charge in [-0.3, -0.25) is 0 Å². The summed E-state index contributed by atoms with van der Waals surface area (Å²) in [5, 5.41) is 0. The zero-order valence-electron chi connectivity index (χ0n) is 9.53. The molecule has 0 amide bonds. The average Bonchev–Trinajstić information content (AvgIpc) is 2.31. The molecular formula is C12H23O2P. The maximum absolute atomic E-state index is 10.1. The van der Waals surface area contributed by atoms with E-state index >= 15 is 0 Å². The largest absolute Gasteiger partial charge is 0.350 e. The number of rotatable bonds is 3. The SMILES string of the molecule is OP(OC1CCCCC1)C1CCCCC1. The van der Waals surface area contributed by atoms with Gasteiger partial charge in [-0.25, -0.2) is 0 Å². The van der Waals surface area contributed by atoms with Gasteiger partial charge in [-0.2, -0.15) is 0 Å². The summed E-state index contributed by atoms with van der Waals surface area (Å²) in [6.07, 6.45) is 13.0. The lowest BCUT2D eigenvalue weighted by atomic mass is 9.98. The first-order valence-electron chi connectivity index (χ1n) is 6.51. The first-order chi connectivity index (χ1) is 7.36. The maximum atomic E-state index is 10.1. The minimum Gasteiger partial charge on any atom is -0.350 e. The summed E-state index contributed by atoms with van der Waals surface area (Å²) in [5.41, 5.74) is 0.482. The molecule has 0 saturated heterocycles. The predicted molar refractivity (Wildman–Crippen MR) is 64.0 cm³/mol. The van der Waals surface area contributed by atoms with Crippen LogP contribution in [0.3, 0.4) is 0 Å². The summed E-state index contributed by atoms with van der Waals surface area (Å²) in [6, 6.07) is 0. The lowest BCUT2D eigenvalue weighted by molar-refractivity contribution is 0.151. The molecule has 0 aromatic heterocycles. The van der Waals surface area contributed by atoms with Gasteiger partial charge in [0.05, 0.1) is 6.10 Å². The van der Waals surface area contributed by atoms with Gasteiger partial charge in [0.1, 0.15) is 0 Å². The highest BCUT2D eigenvalue weighted by molar-refractivity contribution is 7.47. The first kappa shape index (κ1) is 11.8. The summed E-state index contributed by atoms with van der Waals surface area (Å²) in [4.78, 5) is 10.1. The Balaban J connectivity index is 1.72. The van der Waals surface area contributed by atoms with Crippen LogP contribution in [0.4, 0.5) is 0 Å². The van der Waals surface area contributed by atoms with E-state index in [0.29, 0.717) is 11.8 Å². The molecule has 15 heavy (non-hydrogen) atoms. The quantitative estimate of drug-likeness (QED) is 0.743. The fraction of sp³-hybridized carbons (Fsp3) is 1.00. The van der Waals surface area contributed by atoms with Crippen molar-refractivity contribution in [2.45, 2.75) is 76.0 Å². The summed E-state index contributed by atoms with van der Waals surface area (Å²) in [6.45, 7) is 0. The smallest absolute Gasteiger partial charge is 0.171 e. The van der Waals surface area contributed by atoms with Crippen molar-refractivity contribution < 1.29 is 9.42 Å². The van der Waals surface area contributed by atoms with E-state index in [1.807, 2.05) is 0 Å². The van der Waals surface area contributed by atoms with Crippen molar-refractivity contribution in [3.05, 3.63) is 0 Å². The molecule has 1 unspecified atom stereocenters. The van der Waals surface area contributed by atoms with Crippen molar-refractivity contribution in [3.63, 3.8) is 0 Å². The summed E-state index contributed by atoms with van der Waals surface area (Å²) in [5.74, 6) is 0. The van der Waals surface area contributed by atoms with Gasteiger partial charge >= 0.3 is 0 Å². The molecule has 2 aliphatic rings. The van der Waals surface area contributed by atoms with Crippen molar-refractivity contribution in [2.75, 3.05) is 0 Å². The molecule has 1 N–H and O–H groups in total. The molecular weight excluding hydrogens is 207 g/mol. The van der Waals surface area contributed by atoms with Crippen molar-refractivity contribution in [2.24, 2.45) is 0 Å². The van der Waals surface area contributed by atoms with Crippen molar-refractivity contribution in [1.82, 2.24) is 0 Å². The Bertz CT molecular complexity index is 174. The fourth-order valence-electron chi connectivity index (χ4n) is 2.71. The molecule has 1 atom stereocenters.